The van der Waals surface area contributed by atoms with Crippen LogP contribution < -0.4 is 43.4 Å². The van der Waals surface area contributed by atoms with E-state index >= 15 is 0 Å². The van der Waals surface area contributed by atoms with Crippen LogP contribution in [0, 0.1) is 5.92 Å². The summed E-state index contributed by atoms with van der Waals surface area (Å²) in [4.78, 5) is 29.6. The van der Waals surface area contributed by atoms with E-state index in [2.05, 4.69) is 43.8 Å². The average molecular weight is 725 g/mol. The Morgan fingerprint density at radius 2 is 1.43 bits per heavy atom. The van der Waals surface area contributed by atoms with Crippen molar-refractivity contribution >= 4 is 51.3 Å². The van der Waals surface area contributed by atoms with E-state index in [0.717, 1.165) is 24.9 Å². The number of piperidine rings is 2. The number of phenols is 1. The number of rotatable bonds is 12. The number of aromatic nitrogens is 3. The fraction of sp³-hybridized carbons (Fsp3) is 0.529. The second-order valence-corrected chi connectivity index (χ2v) is 13.8. The number of benzene rings is 2. The van der Waals surface area contributed by atoms with E-state index in [1.165, 1.54) is 25.0 Å². The summed E-state index contributed by atoms with van der Waals surface area (Å²) in [6.07, 6.45) is 6.91. The van der Waals surface area contributed by atoms with Crippen LogP contribution in [0.2, 0.25) is 0 Å². The summed E-state index contributed by atoms with van der Waals surface area (Å²) in [5, 5.41) is 16.1. The van der Waals surface area contributed by atoms with Crippen LogP contribution in [-0.4, -0.2) is 84.7 Å². The minimum atomic E-state index is -2.69. The maximum atomic E-state index is 12.0. The molecule has 0 spiro atoms. The van der Waals surface area contributed by atoms with Gasteiger partial charge in [0.15, 0.2) is 0 Å². The average Bonchev–Trinajstić information content (AvgIpc) is 3.07. The standard InChI is InChI=1S/C19H29N11O3S.C15H23NO/c20-10-3-11(21)7-29(6-10)18-25-17(24-14-1-2-15(16(31)5-14)28-34(32)33)26-19(27-18)30-8-12(22)4-13(23)9-30;1-3-5-7-10-13(4-2)15(17)16-14-11-8-6-9-12-14/h1-2,5,10-13,31H,3-4,6-9,20-23H2,(H,24,25,26,27);6,8-9,11-13H,3-5,7,10H2,1-2H3,(H,16,17). The molecule has 2 aliphatic rings. The molecule has 0 radical (unpaired) electrons. The predicted molar refractivity (Wildman–Crippen MR) is 201 cm³/mol. The monoisotopic (exact) mass is 724 g/mol. The lowest BCUT2D eigenvalue weighted by Gasteiger charge is -2.37. The Morgan fingerprint density at radius 1 is 0.863 bits per heavy atom. The smallest absolute Gasteiger partial charge is 0.316 e. The number of anilines is 5. The summed E-state index contributed by atoms with van der Waals surface area (Å²) in [5.74, 6) is 1.03. The van der Waals surface area contributed by atoms with Crippen molar-refractivity contribution < 1.29 is 18.3 Å². The van der Waals surface area contributed by atoms with Gasteiger partial charge in [-0.1, -0.05) is 51.3 Å². The van der Waals surface area contributed by atoms with Crippen molar-refractivity contribution in [2.45, 2.75) is 83.0 Å². The van der Waals surface area contributed by atoms with Gasteiger partial charge >= 0.3 is 10.5 Å². The summed E-state index contributed by atoms with van der Waals surface area (Å²) in [6, 6.07) is 13.5. The molecule has 3 aromatic rings. The highest BCUT2D eigenvalue weighted by atomic mass is 32.2. The van der Waals surface area contributed by atoms with E-state index in [9.17, 15) is 18.3 Å². The highest BCUT2D eigenvalue weighted by molar-refractivity contribution is 7.61. The molecule has 0 bridgehead atoms. The molecule has 2 aromatic carbocycles. The summed E-state index contributed by atoms with van der Waals surface area (Å²) < 4.78 is 24.9. The Morgan fingerprint density at radius 3 is 1.92 bits per heavy atom. The van der Waals surface area contributed by atoms with Crippen LogP contribution in [0.3, 0.4) is 0 Å². The Labute approximate surface area is 301 Å². The second kappa shape index (κ2) is 19.3. The lowest BCUT2D eigenvalue weighted by molar-refractivity contribution is -0.120. The number of nitrogens with zero attached hydrogens (tertiary/aromatic N) is 6. The third-order valence-electron chi connectivity index (χ3n) is 8.67. The van der Waals surface area contributed by atoms with Crippen molar-refractivity contribution in [1.29, 1.82) is 0 Å². The third kappa shape index (κ3) is 12.4. The molecule has 3 heterocycles. The molecule has 1 aromatic heterocycles. The van der Waals surface area contributed by atoms with Crippen LogP contribution in [0.25, 0.3) is 0 Å². The molecule has 2 saturated heterocycles. The van der Waals surface area contributed by atoms with Gasteiger partial charge < -0.3 is 48.5 Å². The van der Waals surface area contributed by atoms with E-state index in [4.69, 9.17) is 22.9 Å². The number of unbranched alkanes of at least 4 members (excludes halogenated alkanes) is 2. The Hall–Kier alpha value is -4.42. The van der Waals surface area contributed by atoms with Crippen LogP contribution in [0.4, 0.5) is 34.9 Å². The Bertz CT molecular complexity index is 1640. The van der Waals surface area contributed by atoms with Crippen LogP contribution in [0.5, 0.6) is 5.75 Å². The third-order valence-corrected chi connectivity index (χ3v) is 9.02. The number of amides is 1. The van der Waals surface area contributed by atoms with E-state index in [1.807, 2.05) is 40.1 Å². The number of nitrogens with one attached hydrogen (secondary N) is 2. The fourth-order valence-electron chi connectivity index (χ4n) is 6.19. The quantitative estimate of drug-likeness (QED) is 0.133. The van der Waals surface area contributed by atoms with Crippen molar-refractivity contribution in [1.82, 2.24) is 15.0 Å². The van der Waals surface area contributed by atoms with Gasteiger partial charge in [0.05, 0.1) is 0 Å². The van der Waals surface area contributed by atoms with Gasteiger partial charge in [0, 0.05) is 73.7 Å². The molecule has 17 heteroatoms. The first kappa shape index (κ1) is 39.4. The van der Waals surface area contributed by atoms with Gasteiger partial charge in [0.25, 0.3) is 0 Å². The van der Waals surface area contributed by atoms with Crippen molar-refractivity contribution in [3.63, 3.8) is 0 Å². The van der Waals surface area contributed by atoms with Crippen molar-refractivity contribution in [2.75, 3.05) is 46.6 Å². The molecule has 5 rings (SSSR count). The maximum absolute atomic E-state index is 12.0. The van der Waals surface area contributed by atoms with Crippen molar-refractivity contribution in [3.8, 4) is 5.75 Å². The zero-order valence-corrected chi connectivity index (χ0v) is 30.2. The van der Waals surface area contributed by atoms with Crippen LogP contribution in [0.1, 0.15) is 58.8 Å². The molecule has 5 atom stereocenters. The molecule has 2 aliphatic heterocycles. The number of nitrogens with two attached hydrogens (primary N) is 4. The molecular formula is C34H52N12O4S. The van der Waals surface area contributed by atoms with Gasteiger partial charge in [0.2, 0.25) is 23.8 Å². The number of aromatic hydroxyl groups is 1. The van der Waals surface area contributed by atoms with Crippen molar-refractivity contribution in [3.05, 3.63) is 48.5 Å². The number of hydrogen-bond acceptors (Lipinski definition) is 15. The first-order valence-electron chi connectivity index (χ1n) is 17.5. The number of phenolic OH excluding ortho intramolecular Hbond substituents is 1. The maximum Gasteiger partial charge on any atom is 0.316 e. The van der Waals surface area contributed by atoms with Gasteiger partial charge in [-0.3, -0.25) is 4.79 Å². The predicted octanol–water partition coefficient (Wildman–Crippen LogP) is 2.98. The molecule has 1 amide bonds. The summed E-state index contributed by atoms with van der Waals surface area (Å²) in [5.41, 5.74) is 25.9. The van der Waals surface area contributed by atoms with E-state index in [0.29, 0.717) is 56.6 Å². The topological polar surface area (TPSA) is 257 Å². The minimum Gasteiger partial charge on any atom is -0.506 e. The van der Waals surface area contributed by atoms with Crippen LogP contribution in [-0.2, 0) is 15.3 Å². The number of hydrogen-bond donors (Lipinski definition) is 7. The van der Waals surface area contributed by atoms with Gasteiger partial charge in [-0.05, 0) is 49.9 Å². The summed E-state index contributed by atoms with van der Waals surface area (Å²) in [7, 11) is -2.69. The fourth-order valence-corrected chi connectivity index (χ4v) is 6.51. The zero-order chi connectivity index (χ0) is 36.9. The molecule has 278 valence electrons. The SMILES string of the molecule is CCCCCC(CC)C(=O)Nc1ccccc1.NC1CC(N)CN(c2nc(Nc3ccc(N=S(=O)=O)c(O)c3)nc(N3CC(N)CC(N)C3)n2)C1. The highest BCUT2D eigenvalue weighted by Gasteiger charge is 2.29. The molecule has 2 fully saturated rings. The van der Waals surface area contributed by atoms with E-state index in [1.54, 1.807) is 6.07 Å². The molecule has 0 saturated carbocycles. The first-order chi connectivity index (χ1) is 24.4. The molecular weight excluding hydrogens is 673 g/mol. The molecule has 5 unspecified atom stereocenters. The minimum absolute atomic E-state index is 0.0801. The van der Waals surface area contributed by atoms with Gasteiger partial charge in [-0.15, -0.1) is 4.36 Å². The molecule has 0 aliphatic carbocycles. The molecule has 51 heavy (non-hydrogen) atoms. The highest BCUT2D eigenvalue weighted by Crippen LogP contribution is 2.31. The summed E-state index contributed by atoms with van der Waals surface area (Å²) >= 11 is 0. The first-order valence-corrected chi connectivity index (χ1v) is 18.5. The van der Waals surface area contributed by atoms with E-state index < -0.39 is 10.5 Å². The zero-order valence-electron chi connectivity index (χ0n) is 29.4. The van der Waals surface area contributed by atoms with Crippen molar-refractivity contribution in [2.24, 2.45) is 33.2 Å². The number of carbonyl (C=O) groups is 1. The second-order valence-electron chi connectivity index (χ2n) is 13.2. The lowest BCUT2D eigenvalue weighted by atomic mass is 9.97. The number of para-hydroxylation sites is 1. The van der Waals surface area contributed by atoms with Gasteiger partial charge in [-0.25, -0.2) is 0 Å². The van der Waals surface area contributed by atoms with Crippen LogP contribution >= 0.6 is 0 Å². The van der Waals surface area contributed by atoms with Gasteiger partial charge in [-0.2, -0.15) is 23.4 Å². The van der Waals surface area contributed by atoms with E-state index in [-0.39, 0.29) is 53.4 Å². The Kier molecular flexibility index (Phi) is 14.9. The lowest BCUT2D eigenvalue weighted by Crippen LogP contribution is -2.54. The van der Waals surface area contributed by atoms with Gasteiger partial charge in [0.1, 0.15) is 11.4 Å². The van der Waals surface area contributed by atoms with Crippen LogP contribution in [0.15, 0.2) is 52.9 Å². The summed E-state index contributed by atoms with van der Waals surface area (Å²) in [6.45, 7) is 6.43. The Balaban J connectivity index is 0.000000289. The molecule has 11 N–H and O–H groups in total. The number of carbonyl (C=O) groups excluding carboxylic acids is 1. The normalized spacial score (nSPS) is 20.8. The largest absolute Gasteiger partial charge is 0.506 e. The molecule has 16 nitrogen and oxygen atoms in total.